The van der Waals surface area contributed by atoms with Crippen molar-refractivity contribution >= 4 is 16.7 Å². The van der Waals surface area contributed by atoms with Gasteiger partial charge in [-0.25, -0.2) is 4.98 Å². The van der Waals surface area contributed by atoms with Gasteiger partial charge in [-0.15, -0.1) is 13.2 Å². The molecule has 37 heavy (non-hydrogen) atoms. The molecule has 1 aromatic carbocycles. The Kier molecular flexibility index (Phi) is 7.43. The molecule has 0 N–H and O–H groups in total. The Balaban J connectivity index is 1.65. The zero-order valence-electron chi connectivity index (χ0n) is 21.0. The SMILES string of the molecule is COC[C@@H]1CN(c2cc(=O)n(C)c3ccc(C#N)nc23)[C@@H](C)CN1C(C)c1ccc(OC(F)(F)F)cc1. The third-order valence-corrected chi connectivity index (χ3v) is 6.83. The third-order valence-electron chi connectivity index (χ3n) is 6.83. The van der Waals surface area contributed by atoms with Crippen LogP contribution in [-0.2, 0) is 11.8 Å². The second-order valence-corrected chi connectivity index (χ2v) is 9.20. The number of ether oxygens (including phenoxy) is 2. The lowest BCUT2D eigenvalue weighted by atomic mass is 9.99. The van der Waals surface area contributed by atoms with Gasteiger partial charge in [0.25, 0.3) is 5.56 Å². The van der Waals surface area contributed by atoms with E-state index in [0.717, 1.165) is 5.56 Å². The van der Waals surface area contributed by atoms with Crippen molar-refractivity contribution in [3.05, 3.63) is 64.1 Å². The zero-order chi connectivity index (χ0) is 26.9. The molecule has 1 saturated heterocycles. The van der Waals surface area contributed by atoms with Gasteiger partial charge in [-0.3, -0.25) is 9.69 Å². The summed E-state index contributed by atoms with van der Waals surface area (Å²) in [5.74, 6) is -0.267. The highest BCUT2D eigenvalue weighted by Gasteiger charge is 2.36. The maximum atomic E-state index is 12.8. The molecule has 8 nitrogen and oxygen atoms in total. The molecule has 1 unspecified atom stereocenters. The minimum atomic E-state index is -4.74. The van der Waals surface area contributed by atoms with E-state index in [0.29, 0.717) is 36.4 Å². The van der Waals surface area contributed by atoms with Crippen LogP contribution in [0.25, 0.3) is 11.0 Å². The van der Waals surface area contributed by atoms with Crippen LogP contribution < -0.4 is 15.2 Å². The van der Waals surface area contributed by atoms with Gasteiger partial charge in [-0.1, -0.05) is 12.1 Å². The Morgan fingerprint density at radius 3 is 2.51 bits per heavy atom. The quantitative estimate of drug-likeness (QED) is 0.491. The molecular formula is C26H28F3N5O3. The Morgan fingerprint density at radius 1 is 1.19 bits per heavy atom. The van der Waals surface area contributed by atoms with Gasteiger partial charge in [0.2, 0.25) is 0 Å². The van der Waals surface area contributed by atoms with Crippen molar-refractivity contribution in [2.45, 2.75) is 38.3 Å². The maximum absolute atomic E-state index is 12.8. The molecule has 2 aromatic heterocycles. The van der Waals surface area contributed by atoms with Crippen LogP contribution in [0.2, 0.25) is 0 Å². The number of fused-ring (bicyclic) bond motifs is 1. The number of hydrogen-bond acceptors (Lipinski definition) is 7. The molecule has 11 heteroatoms. The summed E-state index contributed by atoms with van der Waals surface area (Å²) in [6, 6.07) is 12.6. The highest BCUT2D eigenvalue weighted by molar-refractivity contribution is 5.89. The fourth-order valence-electron chi connectivity index (χ4n) is 4.95. The Morgan fingerprint density at radius 2 is 1.89 bits per heavy atom. The van der Waals surface area contributed by atoms with E-state index in [1.165, 1.54) is 16.7 Å². The highest BCUT2D eigenvalue weighted by atomic mass is 19.4. The molecule has 1 aliphatic heterocycles. The highest BCUT2D eigenvalue weighted by Crippen LogP contribution is 2.33. The van der Waals surface area contributed by atoms with Crippen LogP contribution in [0.5, 0.6) is 5.75 Å². The Bertz CT molecular complexity index is 1370. The van der Waals surface area contributed by atoms with Crippen LogP contribution in [0.15, 0.2) is 47.3 Å². The summed E-state index contributed by atoms with van der Waals surface area (Å²) in [6.07, 6.45) is -4.74. The van der Waals surface area contributed by atoms with E-state index in [1.807, 2.05) is 13.8 Å². The second kappa shape index (κ2) is 10.4. The summed E-state index contributed by atoms with van der Waals surface area (Å²) in [4.78, 5) is 21.6. The van der Waals surface area contributed by atoms with Gasteiger partial charge in [0.1, 0.15) is 23.0 Å². The Hall–Kier alpha value is -3.62. The van der Waals surface area contributed by atoms with Gasteiger partial charge in [-0.2, -0.15) is 5.26 Å². The van der Waals surface area contributed by atoms with Crippen molar-refractivity contribution in [1.82, 2.24) is 14.5 Å². The van der Waals surface area contributed by atoms with Gasteiger partial charge < -0.3 is 18.9 Å². The van der Waals surface area contributed by atoms with Gasteiger partial charge in [0.05, 0.1) is 23.9 Å². The topological polar surface area (TPSA) is 83.6 Å². The standard InChI is InChI=1S/C26H28F3N5O3/c1-16-13-34(17(2)18-5-8-21(9-6-18)37-26(27,28)29)20(15-36-4)14-33(16)23-11-24(35)32(3)22-10-7-19(12-30)31-25(22)23/h5-11,16-17,20H,13-15H2,1-4H3/t16-,17?,20-/m0/s1. The molecule has 0 spiro atoms. The number of halogens is 3. The molecule has 0 bridgehead atoms. The fourth-order valence-corrected chi connectivity index (χ4v) is 4.95. The number of aromatic nitrogens is 2. The molecule has 0 saturated carbocycles. The van der Waals surface area contributed by atoms with E-state index in [2.05, 4.69) is 25.6 Å². The van der Waals surface area contributed by atoms with Crippen LogP contribution in [-0.4, -0.2) is 59.7 Å². The van der Waals surface area contributed by atoms with Crippen molar-refractivity contribution in [3.8, 4) is 11.8 Å². The Labute approximate surface area is 212 Å². The van der Waals surface area contributed by atoms with Gasteiger partial charge in [0, 0.05) is 45.4 Å². The molecule has 1 aliphatic rings. The van der Waals surface area contributed by atoms with Crippen molar-refractivity contribution in [2.75, 3.05) is 31.7 Å². The molecule has 0 aliphatic carbocycles. The minimum absolute atomic E-state index is 0.0359. The number of hydrogen-bond donors (Lipinski definition) is 0. The maximum Gasteiger partial charge on any atom is 0.573 e. The normalized spacial score (nSPS) is 19.6. The summed E-state index contributed by atoms with van der Waals surface area (Å²) < 4.78 is 48.7. The first kappa shape index (κ1) is 26.4. The number of anilines is 1. The van der Waals surface area contributed by atoms with Gasteiger partial charge >= 0.3 is 6.36 Å². The first-order valence-corrected chi connectivity index (χ1v) is 11.8. The average Bonchev–Trinajstić information content (AvgIpc) is 2.86. The molecule has 3 aromatic rings. The first-order valence-electron chi connectivity index (χ1n) is 11.8. The molecule has 0 amide bonds. The summed E-state index contributed by atoms with van der Waals surface area (Å²) in [5, 5.41) is 9.38. The van der Waals surface area contributed by atoms with Crippen LogP contribution >= 0.6 is 0 Å². The van der Waals surface area contributed by atoms with Crippen molar-refractivity contribution in [1.29, 1.82) is 5.26 Å². The lowest BCUT2D eigenvalue weighted by Gasteiger charge is -2.48. The van der Waals surface area contributed by atoms with Crippen LogP contribution in [0.3, 0.4) is 0 Å². The number of alkyl halides is 3. The smallest absolute Gasteiger partial charge is 0.406 e. The predicted octanol–water partition coefficient (Wildman–Crippen LogP) is 3.99. The van der Waals surface area contributed by atoms with Gasteiger partial charge in [-0.05, 0) is 43.7 Å². The first-order chi connectivity index (χ1) is 17.5. The van der Waals surface area contributed by atoms with E-state index >= 15 is 0 Å². The van der Waals surface area contributed by atoms with Gasteiger partial charge in [0.15, 0.2) is 0 Å². The average molecular weight is 516 g/mol. The molecule has 3 atom stereocenters. The summed E-state index contributed by atoms with van der Waals surface area (Å²) in [7, 11) is 3.28. The number of pyridine rings is 2. The van der Waals surface area contributed by atoms with E-state index in [1.54, 1.807) is 44.5 Å². The van der Waals surface area contributed by atoms with Crippen LogP contribution in [0.1, 0.15) is 31.1 Å². The number of nitriles is 1. The number of methoxy groups -OCH3 is 1. The minimum Gasteiger partial charge on any atom is -0.406 e. The van der Waals surface area contributed by atoms with E-state index in [-0.39, 0.29) is 35.1 Å². The largest absolute Gasteiger partial charge is 0.573 e. The summed E-state index contributed by atoms with van der Waals surface area (Å²) in [5.41, 5.74) is 2.79. The fraction of sp³-hybridized carbons (Fsp3) is 0.423. The van der Waals surface area contributed by atoms with E-state index < -0.39 is 6.36 Å². The van der Waals surface area contributed by atoms with Crippen molar-refractivity contribution in [2.24, 2.45) is 7.05 Å². The van der Waals surface area contributed by atoms with Crippen LogP contribution in [0.4, 0.5) is 18.9 Å². The number of rotatable bonds is 6. The molecular weight excluding hydrogens is 487 g/mol. The molecule has 3 heterocycles. The zero-order valence-corrected chi connectivity index (χ0v) is 21.0. The van der Waals surface area contributed by atoms with E-state index in [9.17, 15) is 23.2 Å². The summed E-state index contributed by atoms with van der Waals surface area (Å²) in [6.45, 7) is 5.57. The van der Waals surface area contributed by atoms with E-state index in [4.69, 9.17) is 4.74 Å². The number of piperazine rings is 1. The molecule has 1 fully saturated rings. The lowest BCUT2D eigenvalue weighted by Crippen LogP contribution is -2.59. The predicted molar refractivity (Wildman–Crippen MR) is 132 cm³/mol. The number of benzene rings is 1. The number of aryl methyl sites for hydroxylation is 1. The van der Waals surface area contributed by atoms with Crippen molar-refractivity contribution < 1.29 is 22.6 Å². The van der Waals surface area contributed by atoms with Crippen molar-refractivity contribution in [3.63, 3.8) is 0 Å². The number of nitrogens with zero attached hydrogens (tertiary/aromatic N) is 5. The second-order valence-electron chi connectivity index (χ2n) is 9.20. The summed E-state index contributed by atoms with van der Waals surface area (Å²) >= 11 is 0. The monoisotopic (exact) mass is 515 g/mol. The van der Waals surface area contributed by atoms with Crippen LogP contribution in [0, 0.1) is 11.3 Å². The third kappa shape index (κ3) is 5.55. The molecule has 4 rings (SSSR count). The lowest BCUT2D eigenvalue weighted by molar-refractivity contribution is -0.274. The molecule has 0 radical (unpaired) electrons. The molecule has 196 valence electrons.